The SMILES string of the molecule is CC(C)c1cccc(C(C)C)c1-n1cc[n+](Cc2ccccc2CBr)c1. The van der Waals surface area contributed by atoms with Crippen LogP contribution in [0.25, 0.3) is 5.69 Å². The van der Waals surface area contributed by atoms with E-state index in [2.05, 4.69) is 114 Å². The number of aromatic nitrogens is 2. The summed E-state index contributed by atoms with van der Waals surface area (Å²) < 4.78 is 4.56. The van der Waals surface area contributed by atoms with E-state index in [1.54, 1.807) is 0 Å². The highest BCUT2D eigenvalue weighted by molar-refractivity contribution is 9.08. The number of imidazole rings is 1. The van der Waals surface area contributed by atoms with Gasteiger partial charge in [0.15, 0.2) is 0 Å². The second kappa shape index (κ2) is 8.22. The lowest BCUT2D eigenvalue weighted by Crippen LogP contribution is -2.32. The highest BCUT2D eigenvalue weighted by Gasteiger charge is 2.20. The average Bonchev–Trinajstić information content (AvgIpc) is 3.09. The summed E-state index contributed by atoms with van der Waals surface area (Å²) in [5.41, 5.74) is 6.84. The highest BCUT2D eigenvalue weighted by Crippen LogP contribution is 2.30. The first-order valence-electron chi connectivity index (χ1n) is 9.34. The maximum absolute atomic E-state index is 3.60. The van der Waals surface area contributed by atoms with E-state index in [1.165, 1.54) is 27.9 Å². The van der Waals surface area contributed by atoms with Crippen LogP contribution in [0.3, 0.4) is 0 Å². The van der Waals surface area contributed by atoms with Crippen molar-refractivity contribution in [3.8, 4) is 5.69 Å². The van der Waals surface area contributed by atoms with Crippen LogP contribution < -0.4 is 4.57 Å². The summed E-state index contributed by atoms with van der Waals surface area (Å²) in [6.07, 6.45) is 6.58. The molecule has 0 unspecified atom stereocenters. The summed E-state index contributed by atoms with van der Waals surface area (Å²) in [4.78, 5) is 0. The van der Waals surface area contributed by atoms with Crippen molar-refractivity contribution in [2.75, 3.05) is 0 Å². The third-order valence-corrected chi connectivity index (χ3v) is 5.51. The molecule has 0 bridgehead atoms. The van der Waals surface area contributed by atoms with E-state index in [-0.39, 0.29) is 0 Å². The van der Waals surface area contributed by atoms with Crippen LogP contribution in [0, 0.1) is 0 Å². The largest absolute Gasteiger partial charge is 0.249 e. The van der Waals surface area contributed by atoms with Gasteiger partial charge in [-0.3, -0.25) is 0 Å². The summed E-state index contributed by atoms with van der Waals surface area (Å²) in [6, 6.07) is 15.3. The first kappa shape index (κ1) is 18.9. The summed E-state index contributed by atoms with van der Waals surface area (Å²) in [5.74, 6) is 0.988. The first-order chi connectivity index (χ1) is 12.5. The van der Waals surface area contributed by atoms with Gasteiger partial charge >= 0.3 is 0 Å². The van der Waals surface area contributed by atoms with Crippen LogP contribution in [0.5, 0.6) is 0 Å². The van der Waals surface area contributed by atoms with Crippen molar-refractivity contribution in [3.63, 3.8) is 0 Å². The fourth-order valence-electron chi connectivity index (χ4n) is 3.47. The maximum atomic E-state index is 3.60. The lowest BCUT2D eigenvalue weighted by atomic mass is 9.92. The van der Waals surface area contributed by atoms with Crippen LogP contribution in [0.1, 0.15) is 61.8 Å². The number of hydrogen-bond donors (Lipinski definition) is 0. The van der Waals surface area contributed by atoms with Crippen molar-refractivity contribution in [1.29, 1.82) is 0 Å². The van der Waals surface area contributed by atoms with Crippen molar-refractivity contribution >= 4 is 15.9 Å². The second-order valence-corrected chi connectivity index (χ2v) is 8.05. The molecule has 0 aliphatic carbocycles. The zero-order valence-corrected chi connectivity index (χ0v) is 17.7. The van der Waals surface area contributed by atoms with Gasteiger partial charge in [-0.2, -0.15) is 0 Å². The Morgan fingerprint density at radius 2 is 1.50 bits per heavy atom. The monoisotopic (exact) mass is 411 g/mol. The molecule has 0 radical (unpaired) electrons. The molecule has 136 valence electrons. The van der Waals surface area contributed by atoms with Gasteiger partial charge in [-0.15, -0.1) is 0 Å². The molecule has 26 heavy (non-hydrogen) atoms. The Hall–Kier alpha value is -1.87. The van der Waals surface area contributed by atoms with Gasteiger partial charge in [-0.05, 0) is 23.0 Å². The molecule has 1 heterocycles. The molecule has 0 aliphatic rings. The highest BCUT2D eigenvalue weighted by atomic mass is 79.9. The Kier molecular flexibility index (Phi) is 5.98. The summed E-state index contributed by atoms with van der Waals surface area (Å²) in [6.45, 7) is 9.97. The fourth-order valence-corrected chi connectivity index (χ4v) is 4.02. The van der Waals surface area contributed by atoms with Crippen LogP contribution in [0.4, 0.5) is 0 Å². The van der Waals surface area contributed by atoms with Crippen molar-refractivity contribution in [1.82, 2.24) is 4.57 Å². The molecule has 3 aromatic rings. The van der Waals surface area contributed by atoms with Gasteiger partial charge in [0.2, 0.25) is 6.33 Å². The summed E-state index contributed by atoms with van der Waals surface area (Å²) in [7, 11) is 0. The Labute approximate surface area is 165 Å². The van der Waals surface area contributed by atoms with E-state index < -0.39 is 0 Å². The fraction of sp³-hybridized carbons (Fsp3) is 0.348. The Balaban J connectivity index is 2.00. The number of alkyl halides is 1. The number of halogens is 1. The predicted molar refractivity (Wildman–Crippen MR) is 112 cm³/mol. The van der Waals surface area contributed by atoms with Gasteiger partial charge in [0, 0.05) is 16.5 Å². The number of rotatable bonds is 6. The molecule has 0 atom stereocenters. The van der Waals surface area contributed by atoms with Crippen LogP contribution in [-0.2, 0) is 11.9 Å². The number of benzene rings is 2. The summed E-state index contributed by atoms with van der Waals surface area (Å²) >= 11 is 3.60. The average molecular weight is 412 g/mol. The molecule has 2 nitrogen and oxygen atoms in total. The van der Waals surface area contributed by atoms with Crippen LogP contribution >= 0.6 is 15.9 Å². The Morgan fingerprint density at radius 3 is 2.08 bits per heavy atom. The van der Waals surface area contributed by atoms with Gasteiger partial charge in [0.05, 0.1) is 0 Å². The van der Waals surface area contributed by atoms with Gasteiger partial charge in [-0.25, -0.2) is 9.13 Å². The van der Waals surface area contributed by atoms with Crippen molar-refractivity contribution in [3.05, 3.63) is 83.4 Å². The zero-order chi connectivity index (χ0) is 18.7. The molecule has 2 aromatic carbocycles. The molecular formula is C23H28BrN2+. The number of hydrogen-bond acceptors (Lipinski definition) is 0. The standard InChI is InChI=1S/C23H28BrN2/c1-17(2)21-10-7-11-22(18(3)4)23(21)26-13-12-25(16-26)15-20-9-6-5-8-19(20)14-24/h5-13,16-18H,14-15H2,1-4H3/q+1. The van der Waals surface area contributed by atoms with E-state index in [9.17, 15) is 0 Å². The lowest BCUT2D eigenvalue weighted by Gasteiger charge is -2.16. The quantitative estimate of drug-likeness (QED) is 0.349. The van der Waals surface area contributed by atoms with Gasteiger partial charge < -0.3 is 0 Å². The molecular weight excluding hydrogens is 384 g/mol. The normalized spacial score (nSPS) is 11.5. The minimum Gasteiger partial charge on any atom is -0.232 e. The lowest BCUT2D eigenvalue weighted by molar-refractivity contribution is -0.687. The van der Waals surface area contributed by atoms with Gasteiger partial charge in [0.25, 0.3) is 0 Å². The Bertz CT molecular complexity index is 851. The molecule has 3 rings (SSSR count). The van der Waals surface area contributed by atoms with Crippen LogP contribution in [0.15, 0.2) is 61.2 Å². The topological polar surface area (TPSA) is 8.81 Å². The molecule has 0 fully saturated rings. The third kappa shape index (κ3) is 3.93. The molecule has 0 saturated carbocycles. The molecule has 0 N–H and O–H groups in total. The van der Waals surface area contributed by atoms with Crippen molar-refractivity contribution in [2.45, 2.75) is 51.4 Å². The van der Waals surface area contributed by atoms with Crippen LogP contribution in [-0.4, -0.2) is 4.57 Å². The molecule has 0 aliphatic heterocycles. The third-order valence-electron chi connectivity index (χ3n) is 4.91. The van der Waals surface area contributed by atoms with E-state index in [0.717, 1.165) is 11.9 Å². The molecule has 0 spiro atoms. The minimum absolute atomic E-state index is 0.494. The van der Waals surface area contributed by atoms with E-state index in [1.807, 2.05) is 0 Å². The van der Waals surface area contributed by atoms with Crippen molar-refractivity contribution < 1.29 is 4.57 Å². The van der Waals surface area contributed by atoms with Crippen LogP contribution in [0.2, 0.25) is 0 Å². The summed E-state index contributed by atoms with van der Waals surface area (Å²) in [5, 5.41) is 0.887. The molecule has 0 amide bonds. The van der Waals surface area contributed by atoms with E-state index >= 15 is 0 Å². The number of nitrogens with zero attached hydrogens (tertiary/aromatic N) is 2. The second-order valence-electron chi connectivity index (χ2n) is 7.49. The van der Waals surface area contributed by atoms with Gasteiger partial charge in [-0.1, -0.05) is 86.1 Å². The minimum atomic E-state index is 0.494. The smallest absolute Gasteiger partial charge is 0.232 e. The van der Waals surface area contributed by atoms with Gasteiger partial charge in [0.1, 0.15) is 24.6 Å². The molecule has 1 aromatic heterocycles. The maximum Gasteiger partial charge on any atom is 0.249 e. The van der Waals surface area contributed by atoms with E-state index in [4.69, 9.17) is 0 Å². The van der Waals surface area contributed by atoms with Crippen molar-refractivity contribution in [2.24, 2.45) is 0 Å². The predicted octanol–water partition coefficient (Wildman–Crippen LogP) is 5.95. The molecule has 0 saturated heterocycles. The Morgan fingerprint density at radius 1 is 0.885 bits per heavy atom. The first-order valence-corrected chi connectivity index (χ1v) is 10.5. The zero-order valence-electron chi connectivity index (χ0n) is 16.1. The number of para-hydroxylation sites is 1. The molecule has 3 heteroatoms. The van der Waals surface area contributed by atoms with E-state index in [0.29, 0.717) is 11.8 Å².